The molecule has 1 aromatic rings. The van der Waals surface area contributed by atoms with Gasteiger partial charge in [0, 0.05) is 0 Å². The summed E-state index contributed by atoms with van der Waals surface area (Å²) in [5, 5.41) is 11.5. The Hall–Kier alpha value is -1.88. The molecule has 5 heteroatoms. The van der Waals surface area contributed by atoms with E-state index in [4.69, 9.17) is 5.11 Å². The van der Waals surface area contributed by atoms with Crippen molar-refractivity contribution in [1.29, 1.82) is 0 Å². The van der Waals surface area contributed by atoms with E-state index >= 15 is 0 Å². The molecule has 0 saturated heterocycles. The maximum atomic E-state index is 11.2. The molecule has 0 fully saturated rings. The van der Waals surface area contributed by atoms with Crippen LogP contribution in [0.1, 0.15) is 12.0 Å². The number of aryl methyl sites for hydroxylation is 1. The normalized spacial score (nSPS) is 11.8. The molecule has 18 heavy (non-hydrogen) atoms. The van der Waals surface area contributed by atoms with E-state index in [9.17, 15) is 9.59 Å². The number of methoxy groups -OCH3 is 1. The van der Waals surface area contributed by atoms with Crippen molar-refractivity contribution in [3.63, 3.8) is 0 Å². The van der Waals surface area contributed by atoms with E-state index in [0.29, 0.717) is 6.54 Å². The lowest BCUT2D eigenvalue weighted by atomic mass is 10.1. The summed E-state index contributed by atoms with van der Waals surface area (Å²) >= 11 is 0. The highest BCUT2D eigenvalue weighted by atomic mass is 16.5. The van der Waals surface area contributed by atoms with Gasteiger partial charge in [-0.3, -0.25) is 5.32 Å². The van der Waals surface area contributed by atoms with E-state index in [1.165, 1.54) is 12.7 Å². The molecule has 0 amide bonds. The number of aliphatic carboxylic acids is 1. The summed E-state index contributed by atoms with van der Waals surface area (Å²) in [5.41, 5.74) is 1.18. The van der Waals surface area contributed by atoms with E-state index in [1.54, 1.807) is 0 Å². The number of hydrogen-bond donors (Lipinski definition) is 2. The fraction of sp³-hybridized carbons (Fsp3) is 0.385. The number of carboxylic acid groups (broad SMARTS) is 1. The Kier molecular flexibility index (Phi) is 5.87. The topological polar surface area (TPSA) is 75.6 Å². The molecule has 0 unspecified atom stereocenters. The molecule has 1 aromatic carbocycles. The van der Waals surface area contributed by atoms with Crippen LogP contribution in [0.5, 0.6) is 0 Å². The van der Waals surface area contributed by atoms with Crippen molar-refractivity contribution in [3.05, 3.63) is 35.9 Å². The van der Waals surface area contributed by atoms with Gasteiger partial charge in [-0.2, -0.15) is 0 Å². The van der Waals surface area contributed by atoms with Crippen molar-refractivity contribution in [2.75, 3.05) is 13.7 Å². The summed E-state index contributed by atoms with van der Waals surface area (Å²) in [7, 11) is 1.17. The number of esters is 1. The molecular formula is C13H17NO4. The average Bonchev–Trinajstić information content (AvgIpc) is 2.38. The van der Waals surface area contributed by atoms with Gasteiger partial charge in [0.05, 0.1) is 7.11 Å². The Labute approximate surface area is 106 Å². The Morgan fingerprint density at radius 3 is 2.56 bits per heavy atom. The van der Waals surface area contributed by atoms with Crippen LogP contribution in [0.3, 0.4) is 0 Å². The summed E-state index contributed by atoms with van der Waals surface area (Å²) in [5.74, 6) is -2.00. The summed E-state index contributed by atoms with van der Waals surface area (Å²) in [6.07, 6.45) is 1.59. The number of carboxylic acids is 1. The maximum absolute atomic E-state index is 11.2. The second-order valence-electron chi connectivity index (χ2n) is 3.84. The molecule has 1 rings (SSSR count). The van der Waals surface area contributed by atoms with Crippen molar-refractivity contribution >= 4 is 11.9 Å². The minimum atomic E-state index is -1.29. The third kappa shape index (κ3) is 4.55. The van der Waals surface area contributed by atoms with Crippen LogP contribution < -0.4 is 5.32 Å². The molecule has 98 valence electrons. The first-order chi connectivity index (χ1) is 8.65. The maximum Gasteiger partial charge on any atom is 0.334 e. The molecule has 2 N–H and O–H groups in total. The summed E-state index contributed by atoms with van der Waals surface area (Å²) in [6, 6.07) is 8.59. The second-order valence-corrected chi connectivity index (χ2v) is 3.84. The highest BCUT2D eigenvalue weighted by Gasteiger charge is 2.25. The van der Waals surface area contributed by atoms with Gasteiger partial charge < -0.3 is 9.84 Å². The molecule has 0 aliphatic carbocycles. The highest BCUT2D eigenvalue weighted by Crippen LogP contribution is 2.01. The van der Waals surface area contributed by atoms with Gasteiger partial charge in [-0.05, 0) is 24.9 Å². The Balaban J connectivity index is 2.31. The lowest BCUT2D eigenvalue weighted by Gasteiger charge is -2.11. The molecule has 0 saturated carbocycles. The van der Waals surface area contributed by atoms with Gasteiger partial charge in [0.1, 0.15) is 0 Å². The second kappa shape index (κ2) is 7.45. The predicted octanol–water partition coefficient (Wildman–Crippen LogP) is 0.835. The summed E-state index contributed by atoms with van der Waals surface area (Å²) in [4.78, 5) is 22.0. The zero-order chi connectivity index (χ0) is 13.4. The average molecular weight is 251 g/mol. The first-order valence-corrected chi connectivity index (χ1v) is 5.73. The Morgan fingerprint density at radius 1 is 1.33 bits per heavy atom. The molecule has 0 aromatic heterocycles. The largest absolute Gasteiger partial charge is 0.480 e. The van der Waals surface area contributed by atoms with E-state index < -0.39 is 18.0 Å². The van der Waals surface area contributed by atoms with Crippen molar-refractivity contribution in [1.82, 2.24) is 5.32 Å². The number of carbonyl (C=O) groups is 2. The number of ether oxygens (including phenoxy) is 1. The predicted molar refractivity (Wildman–Crippen MR) is 66.2 cm³/mol. The number of rotatable bonds is 7. The van der Waals surface area contributed by atoms with Crippen LogP contribution in [-0.4, -0.2) is 36.7 Å². The summed E-state index contributed by atoms with van der Waals surface area (Å²) < 4.78 is 4.41. The monoisotopic (exact) mass is 251 g/mol. The van der Waals surface area contributed by atoms with Crippen LogP contribution in [0.15, 0.2) is 30.3 Å². The SMILES string of the molecule is COC(=O)[C@@H](NCCCc1ccccc1)C(=O)O. The first kappa shape index (κ1) is 14.2. The minimum absolute atomic E-state index is 0.445. The molecule has 0 spiro atoms. The standard InChI is InChI=1S/C13H17NO4/c1-18-13(17)11(12(15)16)14-9-5-8-10-6-3-2-4-7-10/h2-4,6-7,11,14H,5,8-9H2,1H3,(H,15,16)/t11-/m0/s1. The number of hydrogen-bond acceptors (Lipinski definition) is 4. The van der Waals surface area contributed by atoms with Gasteiger partial charge in [0.2, 0.25) is 6.04 Å². The molecule has 0 radical (unpaired) electrons. The quantitative estimate of drug-likeness (QED) is 0.426. The zero-order valence-corrected chi connectivity index (χ0v) is 10.3. The lowest BCUT2D eigenvalue weighted by Crippen LogP contribution is -2.44. The smallest absolute Gasteiger partial charge is 0.334 e. The van der Waals surface area contributed by atoms with Crippen molar-refractivity contribution in [3.8, 4) is 0 Å². The molecule has 0 heterocycles. The molecule has 5 nitrogen and oxygen atoms in total. The molecule has 0 aliphatic rings. The van der Waals surface area contributed by atoms with E-state index in [1.807, 2.05) is 30.3 Å². The lowest BCUT2D eigenvalue weighted by molar-refractivity contribution is -0.153. The van der Waals surface area contributed by atoms with E-state index in [0.717, 1.165) is 12.8 Å². The van der Waals surface area contributed by atoms with Crippen molar-refractivity contribution in [2.24, 2.45) is 0 Å². The van der Waals surface area contributed by atoms with Crippen LogP contribution in [0.25, 0.3) is 0 Å². The molecule has 0 bridgehead atoms. The fourth-order valence-electron chi connectivity index (χ4n) is 1.57. The third-order valence-electron chi connectivity index (χ3n) is 2.52. The van der Waals surface area contributed by atoms with Crippen molar-refractivity contribution in [2.45, 2.75) is 18.9 Å². The van der Waals surface area contributed by atoms with Crippen LogP contribution in [-0.2, 0) is 20.7 Å². The number of benzene rings is 1. The third-order valence-corrected chi connectivity index (χ3v) is 2.52. The first-order valence-electron chi connectivity index (χ1n) is 5.73. The van der Waals surface area contributed by atoms with Crippen molar-refractivity contribution < 1.29 is 19.4 Å². The fourth-order valence-corrected chi connectivity index (χ4v) is 1.57. The van der Waals surface area contributed by atoms with Crippen LogP contribution in [0, 0.1) is 0 Å². The van der Waals surface area contributed by atoms with Crippen LogP contribution in [0.4, 0.5) is 0 Å². The van der Waals surface area contributed by atoms with Gasteiger partial charge in [0.25, 0.3) is 0 Å². The van der Waals surface area contributed by atoms with E-state index in [2.05, 4.69) is 10.1 Å². The van der Waals surface area contributed by atoms with Crippen LogP contribution in [0.2, 0.25) is 0 Å². The molecular weight excluding hydrogens is 234 g/mol. The minimum Gasteiger partial charge on any atom is -0.480 e. The Bertz CT molecular complexity index is 391. The molecule has 1 atom stereocenters. The number of nitrogens with one attached hydrogen (secondary N) is 1. The van der Waals surface area contributed by atoms with Gasteiger partial charge in [-0.25, -0.2) is 9.59 Å². The summed E-state index contributed by atoms with van der Waals surface area (Å²) in [6.45, 7) is 0.445. The highest BCUT2D eigenvalue weighted by molar-refractivity contribution is 5.98. The van der Waals surface area contributed by atoms with E-state index in [-0.39, 0.29) is 0 Å². The van der Waals surface area contributed by atoms with Crippen LogP contribution >= 0.6 is 0 Å². The molecule has 0 aliphatic heterocycles. The number of carbonyl (C=O) groups excluding carboxylic acids is 1. The Morgan fingerprint density at radius 2 is 2.00 bits per heavy atom. The van der Waals surface area contributed by atoms with Gasteiger partial charge >= 0.3 is 11.9 Å². The van der Waals surface area contributed by atoms with Gasteiger partial charge in [-0.15, -0.1) is 0 Å². The van der Waals surface area contributed by atoms with Gasteiger partial charge in [0.15, 0.2) is 0 Å². The van der Waals surface area contributed by atoms with Gasteiger partial charge in [-0.1, -0.05) is 30.3 Å². The zero-order valence-electron chi connectivity index (χ0n) is 10.3.